The molecule has 1 aliphatic carbocycles. The van der Waals surface area contributed by atoms with Crippen molar-refractivity contribution in [3.05, 3.63) is 63.7 Å². The Hall–Kier alpha value is -3.70. The first-order valence-corrected chi connectivity index (χ1v) is 11.6. The van der Waals surface area contributed by atoms with Gasteiger partial charge in [0.2, 0.25) is 5.95 Å². The minimum absolute atomic E-state index is 0.0295. The number of anilines is 3. The number of benzene rings is 1. The standard InChI is InChI=1S/C26H28N6O2/c1-16-9-22(24(34)32(13-16)8-6-17-3-4-17)31-25-28-7-5-21(30-25)18-10-19(12-27)23-20(11-18)26(2,15-33)14-29-23/h5,7,9-11,13,17,29,33H,3-4,6,8,14-15H2,1-2H3,(H,28,30,31)/t26-/m1/s1. The highest BCUT2D eigenvalue weighted by atomic mass is 16.3. The van der Waals surface area contributed by atoms with Crippen molar-refractivity contribution in [2.75, 3.05) is 23.8 Å². The summed E-state index contributed by atoms with van der Waals surface area (Å²) in [5, 5.41) is 26.0. The average Bonchev–Trinajstić information content (AvgIpc) is 3.62. The molecule has 1 fully saturated rings. The monoisotopic (exact) mass is 456 g/mol. The average molecular weight is 457 g/mol. The summed E-state index contributed by atoms with van der Waals surface area (Å²) in [6.45, 7) is 5.18. The summed E-state index contributed by atoms with van der Waals surface area (Å²) in [4.78, 5) is 22.0. The molecule has 0 radical (unpaired) electrons. The maximum absolute atomic E-state index is 13.0. The van der Waals surface area contributed by atoms with Gasteiger partial charge in [-0.05, 0) is 54.7 Å². The Morgan fingerprint density at radius 1 is 1.35 bits per heavy atom. The third-order valence-electron chi connectivity index (χ3n) is 6.81. The zero-order valence-corrected chi connectivity index (χ0v) is 19.4. The summed E-state index contributed by atoms with van der Waals surface area (Å²) in [5.41, 5.74) is 4.43. The predicted molar refractivity (Wildman–Crippen MR) is 131 cm³/mol. The van der Waals surface area contributed by atoms with Gasteiger partial charge >= 0.3 is 0 Å². The molecule has 0 spiro atoms. The number of aliphatic hydroxyl groups excluding tert-OH is 1. The number of nitrogens with one attached hydrogen (secondary N) is 2. The zero-order chi connectivity index (χ0) is 23.9. The van der Waals surface area contributed by atoms with Crippen LogP contribution in [-0.4, -0.2) is 32.8 Å². The van der Waals surface area contributed by atoms with E-state index >= 15 is 0 Å². The van der Waals surface area contributed by atoms with Crippen LogP contribution in [0.1, 0.15) is 42.9 Å². The van der Waals surface area contributed by atoms with Crippen LogP contribution < -0.4 is 16.2 Å². The fourth-order valence-electron chi connectivity index (χ4n) is 4.53. The van der Waals surface area contributed by atoms with Gasteiger partial charge in [0.1, 0.15) is 11.8 Å². The molecule has 34 heavy (non-hydrogen) atoms. The lowest BCUT2D eigenvalue weighted by Gasteiger charge is -2.21. The molecule has 1 saturated carbocycles. The summed E-state index contributed by atoms with van der Waals surface area (Å²) in [6, 6.07) is 9.60. The molecule has 0 amide bonds. The van der Waals surface area contributed by atoms with E-state index in [1.807, 2.05) is 32.2 Å². The molecule has 1 aromatic carbocycles. The van der Waals surface area contributed by atoms with E-state index in [-0.39, 0.29) is 12.2 Å². The normalized spacial score (nSPS) is 18.8. The molecule has 8 heteroatoms. The fraction of sp³-hybridized carbons (Fsp3) is 0.385. The molecule has 0 bridgehead atoms. The Bertz CT molecular complexity index is 1350. The largest absolute Gasteiger partial charge is 0.395 e. The summed E-state index contributed by atoms with van der Waals surface area (Å²) in [6.07, 6.45) is 7.07. The van der Waals surface area contributed by atoms with Crippen LogP contribution in [0.4, 0.5) is 17.3 Å². The molecule has 3 heterocycles. The third kappa shape index (κ3) is 4.15. The molecule has 174 valence electrons. The number of hydrogen-bond donors (Lipinski definition) is 3. The Balaban J connectivity index is 1.47. The van der Waals surface area contributed by atoms with E-state index in [1.165, 1.54) is 12.8 Å². The number of aromatic nitrogens is 3. The first-order valence-electron chi connectivity index (χ1n) is 11.6. The lowest BCUT2D eigenvalue weighted by Crippen LogP contribution is -2.28. The molecular weight excluding hydrogens is 428 g/mol. The van der Waals surface area contributed by atoms with E-state index in [4.69, 9.17) is 0 Å². The highest BCUT2D eigenvalue weighted by Crippen LogP contribution is 2.41. The fourth-order valence-corrected chi connectivity index (χ4v) is 4.53. The Morgan fingerprint density at radius 2 is 2.18 bits per heavy atom. The van der Waals surface area contributed by atoms with Gasteiger partial charge in [0.05, 0.1) is 23.6 Å². The highest BCUT2D eigenvalue weighted by Gasteiger charge is 2.36. The van der Waals surface area contributed by atoms with Crippen molar-refractivity contribution >= 4 is 17.3 Å². The number of pyridine rings is 1. The second-order valence-electron chi connectivity index (χ2n) is 9.68. The summed E-state index contributed by atoms with van der Waals surface area (Å²) in [7, 11) is 0. The van der Waals surface area contributed by atoms with Crippen LogP contribution in [0, 0.1) is 24.2 Å². The van der Waals surface area contributed by atoms with Crippen LogP contribution in [0.2, 0.25) is 0 Å². The van der Waals surface area contributed by atoms with Crippen molar-refractivity contribution in [2.24, 2.45) is 5.92 Å². The van der Waals surface area contributed by atoms with Crippen LogP contribution in [0.3, 0.4) is 0 Å². The topological polar surface area (TPSA) is 116 Å². The van der Waals surface area contributed by atoms with Gasteiger partial charge in [0, 0.05) is 36.5 Å². The number of rotatable bonds is 7. The van der Waals surface area contributed by atoms with Gasteiger partial charge in [-0.15, -0.1) is 0 Å². The van der Waals surface area contributed by atoms with Gasteiger partial charge in [-0.2, -0.15) is 5.26 Å². The number of aryl methyl sites for hydroxylation is 2. The Labute approximate surface area is 198 Å². The quantitative estimate of drug-likeness (QED) is 0.496. The summed E-state index contributed by atoms with van der Waals surface area (Å²) < 4.78 is 1.77. The molecule has 1 atom stereocenters. The molecule has 2 aliphatic rings. The smallest absolute Gasteiger partial charge is 0.274 e. The number of nitriles is 1. The first-order chi connectivity index (χ1) is 16.4. The Morgan fingerprint density at radius 3 is 2.91 bits per heavy atom. The van der Waals surface area contributed by atoms with Gasteiger partial charge < -0.3 is 20.3 Å². The summed E-state index contributed by atoms with van der Waals surface area (Å²) >= 11 is 0. The predicted octanol–water partition coefficient (Wildman–Crippen LogP) is 3.70. The molecule has 0 saturated heterocycles. The zero-order valence-electron chi connectivity index (χ0n) is 19.4. The molecule has 3 N–H and O–H groups in total. The second kappa shape index (κ2) is 8.58. The second-order valence-corrected chi connectivity index (χ2v) is 9.68. The van der Waals surface area contributed by atoms with Crippen LogP contribution in [0.25, 0.3) is 11.3 Å². The van der Waals surface area contributed by atoms with Crippen molar-refractivity contribution in [1.29, 1.82) is 5.26 Å². The lowest BCUT2D eigenvalue weighted by atomic mass is 9.83. The highest BCUT2D eigenvalue weighted by molar-refractivity contribution is 5.76. The number of hydrogen-bond acceptors (Lipinski definition) is 7. The molecule has 0 unspecified atom stereocenters. The number of nitrogens with zero attached hydrogens (tertiary/aromatic N) is 4. The minimum atomic E-state index is -0.474. The van der Waals surface area contributed by atoms with E-state index in [0.29, 0.717) is 36.0 Å². The van der Waals surface area contributed by atoms with Gasteiger partial charge in [-0.1, -0.05) is 19.8 Å². The lowest BCUT2D eigenvalue weighted by molar-refractivity contribution is 0.219. The van der Waals surface area contributed by atoms with Crippen molar-refractivity contribution in [2.45, 2.75) is 45.1 Å². The maximum atomic E-state index is 13.0. The molecule has 3 aromatic rings. The van der Waals surface area contributed by atoms with Gasteiger partial charge in [-0.25, -0.2) is 9.97 Å². The Kier molecular flexibility index (Phi) is 5.58. The SMILES string of the molecule is Cc1cc(Nc2nccc(-c3cc(C#N)c4c(c3)[C@@](C)(CO)CN4)n2)c(=O)n(CCC2CC2)c1. The van der Waals surface area contributed by atoms with Gasteiger partial charge in [0.15, 0.2) is 0 Å². The van der Waals surface area contributed by atoms with Crippen LogP contribution >= 0.6 is 0 Å². The van der Waals surface area contributed by atoms with E-state index in [2.05, 4.69) is 26.7 Å². The van der Waals surface area contributed by atoms with Crippen molar-refractivity contribution in [1.82, 2.24) is 14.5 Å². The molecule has 1 aliphatic heterocycles. The van der Waals surface area contributed by atoms with E-state index in [0.717, 1.165) is 34.7 Å². The first kappa shape index (κ1) is 22.1. The molecule has 8 nitrogen and oxygen atoms in total. The van der Waals surface area contributed by atoms with E-state index in [9.17, 15) is 15.2 Å². The van der Waals surface area contributed by atoms with Gasteiger partial charge in [-0.3, -0.25) is 4.79 Å². The maximum Gasteiger partial charge on any atom is 0.274 e. The van der Waals surface area contributed by atoms with Crippen molar-refractivity contribution in [3.63, 3.8) is 0 Å². The van der Waals surface area contributed by atoms with Crippen molar-refractivity contribution < 1.29 is 5.11 Å². The van der Waals surface area contributed by atoms with Crippen LogP contribution in [0.5, 0.6) is 0 Å². The van der Waals surface area contributed by atoms with Crippen molar-refractivity contribution in [3.8, 4) is 17.3 Å². The van der Waals surface area contributed by atoms with Crippen LogP contribution in [-0.2, 0) is 12.0 Å². The minimum Gasteiger partial charge on any atom is -0.395 e. The molecule has 5 rings (SSSR count). The molecular formula is C26H28N6O2. The van der Waals surface area contributed by atoms with Crippen LogP contribution in [0.15, 0.2) is 41.5 Å². The number of fused-ring (bicyclic) bond motifs is 1. The third-order valence-corrected chi connectivity index (χ3v) is 6.81. The van der Waals surface area contributed by atoms with Gasteiger partial charge in [0.25, 0.3) is 5.56 Å². The van der Waals surface area contributed by atoms with E-state index < -0.39 is 5.41 Å². The number of aliphatic hydroxyl groups is 1. The van der Waals surface area contributed by atoms with E-state index in [1.54, 1.807) is 22.9 Å². The summed E-state index contributed by atoms with van der Waals surface area (Å²) in [5.74, 6) is 1.06. The molecule has 2 aromatic heterocycles.